The molecule has 0 fully saturated rings. The molecule has 4 rings (SSSR count). The van der Waals surface area contributed by atoms with Gasteiger partial charge in [0.25, 0.3) is 0 Å². The summed E-state index contributed by atoms with van der Waals surface area (Å²) in [7, 11) is 4.91. The summed E-state index contributed by atoms with van der Waals surface area (Å²) in [6, 6.07) is 7.74. The fourth-order valence-electron chi connectivity index (χ4n) is 3.74. The van der Waals surface area contributed by atoms with Crippen molar-refractivity contribution < 1.29 is 19.3 Å². The Labute approximate surface area is 147 Å². The second-order valence-electron chi connectivity index (χ2n) is 6.25. The number of hydrogen-bond donors (Lipinski definition) is 1. The van der Waals surface area contributed by atoms with Crippen molar-refractivity contribution in [3.8, 4) is 23.0 Å². The minimum Gasteiger partial charge on any atom is -0.504 e. The molecule has 0 amide bonds. The van der Waals surface area contributed by atoms with Crippen LogP contribution in [-0.4, -0.2) is 37.9 Å². The van der Waals surface area contributed by atoms with Gasteiger partial charge < -0.3 is 24.2 Å². The zero-order chi connectivity index (χ0) is 17.6. The summed E-state index contributed by atoms with van der Waals surface area (Å²) in [6.45, 7) is 1.66. The van der Waals surface area contributed by atoms with Crippen LogP contribution in [0, 0.1) is 0 Å². The highest BCUT2D eigenvalue weighted by atomic mass is 16.5. The van der Waals surface area contributed by atoms with Crippen LogP contribution in [0.4, 0.5) is 0 Å². The summed E-state index contributed by atoms with van der Waals surface area (Å²) in [5.41, 5.74) is 5.67. The normalized spacial score (nSPS) is 14.8. The van der Waals surface area contributed by atoms with E-state index in [1.165, 1.54) is 0 Å². The molecule has 130 valence electrons. The third-order valence-corrected chi connectivity index (χ3v) is 5.00. The first-order chi connectivity index (χ1) is 12.2. The average Bonchev–Trinajstić information content (AvgIpc) is 2.64. The minimum atomic E-state index is 0.193. The third-order valence-electron chi connectivity index (χ3n) is 5.00. The van der Waals surface area contributed by atoms with Crippen LogP contribution in [-0.2, 0) is 13.0 Å². The van der Waals surface area contributed by atoms with E-state index in [1.807, 2.05) is 18.2 Å². The fourth-order valence-corrected chi connectivity index (χ4v) is 3.74. The van der Waals surface area contributed by atoms with Crippen molar-refractivity contribution in [2.45, 2.75) is 13.0 Å². The van der Waals surface area contributed by atoms with Crippen molar-refractivity contribution in [3.63, 3.8) is 0 Å². The van der Waals surface area contributed by atoms with Gasteiger partial charge >= 0.3 is 0 Å². The Kier molecular flexibility index (Phi) is 3.71. The maximum atomic E-state index is 10.1. The molecule has 2 aliphatic rings. The number of phenolic OH excluding ortho intramolecular Hbond substituents is 1. The van der Waals surface area contributed by atoms with Gasteiger partial charge in [-0.15, -0.1) is 0 Å². The lowest BCUT2D eigenvalue weighted by Crippen LogP contribution is -2.31. The second-order valence-corrected chi connectivity index (χ2v) is 6.25. The predicted octanol–water partition coefficient (Wildman–Crippen LogP) is 3.29. The lowest BCUT2D eigenvalue weighted by atomic mass is 9.90. The van der Waals surface area contributed by atoms with E-state index in [1.54, 1.807) is 21.3 Å². The van der Waals surface area contributed by atoms with Gasteiger partial charge in [-0.2, -0.15) is 0 Å². The van der Waals surface area contributed by atoms with Crippen molar-refractivity contribution in [2.75, 3.05) is 27.9 Å². The Balaban J connectivity index is 1.87. The predicted molar refractivity (Wildman–Crippen MR) is 96.2 cm³/mol. The zero-order valence-electron chi connectivity index (χ0n) is 14.6. The molecule has 0 atom stereocenters. The quantitative estimate of drug-likeness (QED) is 0.930. The lowest BCUT2D eigenvalue weighted by Gasteiger charge is -2.37. The first kappa shape index (κ1) is 15.7. The molecule has 0 saturated carbocycles. The van der Waals surface area contributed by atoms with Gasteiger partial charge in [-0.1, -0.05) is 6.07 Å². The van der Waals surface area contributed by atoms with Gasteiger partial charge in [0.15, 0.2) is 23.0 Å². The van der Waals surface area contributed by atoms with Crippen LogP contribution in [0.3, 0.4) is 0 Å². The molecule has 0 unspecified atom stereocenters. The maximum Gasteiger partial charge on any atom is 0.166 e. The van der Waals surface area contributed by atoms with Gasteiger partial charge in [0.1, 0.15) is 0 Å². The number of phenols is 1. The summed E-state index contributed by atoms with van der Waals surface area (Å²) in [5.74, 6) is 2.24. The number of methoxy groups -OCH3 is 3. The molecular weight excluding hydrogens is 318 g/mol. The monoisotopic (exact) mass is 339 g/mol. The molecule has 5 heteroatoms. The Morgan fingerprint density at radius 3 is 2.52 bits per heavy atom. The number of ether oxygens (including phenoxy) is 3. The summed E-state index contributed by atoms with van der Waals surface area (Å²) >= 11 is 0. The Bertz CT molecular complexity index is 872. The summed E-state index contributed by atoms with van der Waals surface area (Å²) in [5, 5.41) is 10.1. The van der Waals surface area contributed by atoms with Crippen molar-refractivity contribution >= 4 is 11.8 Å². The van der Waals surface area contributed by atoms with Crippen molar-refractivity contribution in [2.24, 2.45) is 0 Å². The zero-order valence-corrected chi connectivity index (χ0v) is 14.6. The molecule has 2 heterocycles. The molecular formula is C20H21NO4. The Morgan fingerprint density at radius 1 is 1.00 bits per heavy atom. The van der Waals surface area contributed by atoms with E-state index >= 15 is 0 Å². The number of rotatable bonds is 3. The first-order valence-corrected chi connectivity index (χ1v) is 8.27. The molecule has 25 heavy (non-hydrogen) atoms. The average molecular weight is 339 g/mol. The number of fused-ring (bicyclic) bond motifs is 4. The Hall–Kier alpha value is -2.82. The first-order valence-electron chi connectivity index (χ1n) is 8.27. The highest BCUT2D eigenvalue weighted by molar-refractivity contribution is 5.87. The van der Waals surface area contributed by atoms with E-state index in [2.05, 4.69) is 17.0 Å². The molecule has 0 saturated heterocycles. The largest absolute Gasteiger partial charge is 0.504 e. The number of nitrogens with zero attached hydrogens (tertiary/aromatic N) is 1. The third kappa shape index (κ3) is 2.38. The van der Waals surface area contributed by atoms with Gasteiger partial charge in [-0.3, -0.25) is 0 Å². The van der Waals surface area contributed by atoms with Crippen LogP contribution in [0.2, 0.25) is 0 Å². The molecule has 1 N–H and O–H groups in total. The fraction of sp³-hybridized carbons (Fsp3) is 0.300. The topological polar surface area (TPSA) is 51.2 Å². The van der Waals surface area contributed by atoms with Crippen molar-refractivity contribution in [3.05, 3.63) is 46.5 Å². The lowest BCUT2D eigenvalue weighted by molar-refractivity contribution is 0.333. The van der Waals surface area contributed by atoms with Gasteiger partial charge in [-0.05, 0) is 41.8 Å². The number of benzene rings is 2. The van der Waals surface area contributed by atoms with Gasteiger partial charge in [0.2, 0.25) is 0 Å². The molecule has 0 aromatic heterocycles. The van der Waals surface area contributed by atoms with E-state index in [4.69, 9.17) is 14.2 Å². The summed E-state index contributed by atoms with van der Waals surface area (Å²) < 4.78 is 16.3. The van der Waals surface area contributed by atoms with Gasteiger partial charge in [0, 0.05) is 29.9 Å². The van der Waals surface area contributed by atoms with Crippen molar-refractivity contribution in [1.29, 1.82) is 0 Å². The second kappa shape index (κ2) is 5.92. The number of aromatic hydroxyl groups is 1. The highest BCUT2D eigenvalue weighted by Crippen LogP contribution is 2.44. The van der Waals surface area contributed by atoms with Crippen LogP contribution in [0.5, 0.6) is 23.0 Å². The van der Waals surface area contributed by atoms with Crippen LogP contribution >= 0.6 is 0 Å². The van der Waals surface area contributed by atoms with Crippen LogP contribution in [0.15, 0.2) is 24.3 Å². The summed E-state index contributed by atoms with van der Waals surface area (Å²) in [4.78, 5) is 2.34. The van der Waals surface area contributed by atoms with E-state index in [0.29, 0.717) is 5.75 Å². The summed E-state index contributed by atoms with van der Waals surface area (Å²) in [6.07, 6.45) is 3.06. The van der Waals surface area contributed by atoms with E-state index in [9.17, 15) is 5.11 Å². The van der Waals surface area contributed by atoms with E-state index in [0.717, 1.165) is 59.0 Å². The molecule has 2 aromatic rings. The van der Waals surface area contributed by atoms with Crippen LogP contribution < -0.4 is 14.2 Å². The molecule has 2 aromatic carbocycles. The van der Waals surface area contributed by atoms with Gasteiger partial charge in [0.05, 0.1) is 21.3 Å². The minimum absolute atomic E-state index is 0.193. The molecule has 2 aliphatic heterocycles. The van der Waals surface area contributed by atoms with E-state index < -0.39 is 0 Å². The van der Waals surface area contributed by atoms with Gasteiger partial charge in [-0.25, -0.2) is 0 Å². The van der Waals surface area contributed by atoms with Crippen LogP contribution in [0.25, 0.3) is 11.8 Å². The molecule has 0 aliphatic carbocycles. The standard InChI is InChI=1S/C20H21NO4/c1-23-18-5-4-12-8-16-14-10-19(24-2)17(22)9-13(14)6-7-21(16)11-15(12)20(18)25-3/h4-5,8-10,22H,6-7,11H2,1-3H3. The SMILES string of the molecule is COc1cc2c(cc1O)CCN1Cc3c(ccc(OC)c3OC)C=C21. The molecule has 0 spiro atoms. The molecule has 5 nitrogen and oxygen atoms in total. The smallest absolute Gasteiger partial charge is 0.166 e. The van der Waals surface area contributed by atoms with Crippen LogP contribution in [0.1, 0.15) is 22.3 Å². The number of hydrogen-bond acceptors (Lipinski definition) is 5. The van der Waals surface area contributed by atoms with E-state index in [-0.39, 0.29) is 5.75 Å². The Morgan fingerprint density at radius 2 is 1.80 bits per heavy atom. The molecule has 0 radical (unpaired) electrons. The molecule has 0 bridgehead atoms. The van der Waals surface area contributed by atoms with Crippen molar-refractivity contribution in [1.82, 2.24) is 4.90 Å². The maximum absolute atomic E-state index is 10.1. The highest BCUT2D eigenvalue weighted by Gasteiger charge is 2.29.